The van der Waals surface area contributed by atoms with E-state index in [1.807, 2.05) is 13.8 Å². The van der Waals surface area contributed by atoms with Gasteiger partial charge < -0.3 is 18.6 Å². The summed E-state index contributed by atoms with van der Waals surface area (Å²) in [5.74, 6) is -2.39. The van der Waals surface area contributed by atoms with E-state index in [4.69, 9.17) is 20.9 Å². The smallest absolute Gasteiger partial charge is 0.332 e. The van der Waals surface area contributed by atoms with E-state index >= 15 is 0 Å². The van der Waals surface area contributed by atoms with Gasteiger partial charge in [-0.3, -0.25) is 11.5 Å². The van der Waals surface area contributed by atoms with Gasteiger partial charge in [0.25, 0.3) is 0 Å². The van der Waals surface area contributed by atoms with E-state index in [1.54, 1.807) is 33.7 Å². The number of aryl methyl sites for hydroxylation is 2. The fourth-order valence-electron chi connectivity index (χ4n) is 4.56. The first-order valence-electron chi connectivity index (χ1n) is 11.9. The van der Waals surface area contributed by atoms with Gasteiger partial charge in [-0.1, -0.05) is 0 Å². The number of esters is 2. The lowest BCUT2D eigenvalue weighted by Gasteiger charge is -2.26. The van der Waals surface area contributed by atoms with Gasteiger partial charge in [-0.15, -0.1) is 0 Å². The van der Waals surface area contributed by atoms with Crippen LogP contribution in [-0.4, -0.2) is 32.5 Å². The van der Waals surface area contributed by atoms with Gasteiger partial charge in [0, 0.05) is 46.4 Å². The number of halogens is 2. The van der Waals surface area contributed by atoms with Gasteiger partial charge in [-0.05, 0) is 75.2 Å². The van der Waals surface area contributed by atoms with Crippen molar-refractivity contribution in [2.24, 2.45) is 11.5 Å². The lowest BCUT2D eigenvalue weighted by Crippen LogP contribution is -2.45. The van der Waals surface area contributed by atoms with Crippen LogP contribution in [0.1, 0.15) is 25.0 Å². The summed E-state index contributed by atoms with van der Waals surface area (Å²) in [5.41, 5.74) is 12.7. The second kappa shape index (κ2) is 10.0. The zero-order chi connectivity index (χ0) is 27.8. The van der Waals surface area contributed by atoms with Crippen molar-refractivity contribution in [3.63, 3.8) is 0 Å². The van der Waals surface area contributed by atoms with E-state index in [1.165, 1.54) is 38.1 Å². The number of nitrogens with two attached hydrogens (primary N) is 2. The van der Waals surface area contributed by atoms with Crippen LogP contribution in [0.4, 0.5) is 8.78 Å². The fraction of sp³-hybridized carbons (Fsp3) is 0.286. The van der Waals surface area contributed by atoms with Crippen molar-refractivity contribution >= 4 is 33.7 Å². The molecule has 0 aliphatic rings. The molecule has 0 radical (unpaired) electrons. The standard InChI is InChI=1S/C28H30F2N4O4/c1-17-13-33(23-7-5-19(29)11-21(17)23)15-27(3,31)37-25(35)9-10-26(36)38-28(4,32)16-34-14-18(2)22-12-20(30)6-8-24(22)34/h5-14H,15-16,31-32H2,1-4H3/b10-9+/t27-,28-/m0/s1. The van der Waals surface area contributed by atoms with Crippen LogP contribution in [-0.2, 0) is 32.2 Å². The molecule has 0 saturated carbocycles. The minimum absolute atomic E-state index is 0.0992. The highest BCUT2D eigenvalue weighted by Crippen LogP contribution is 2.25. The van der Waals surface area contributed by atoms with Gasteiger partial charge in [0.2, 0.25) is 0 Å². The van der Waals surface area contributed by atoms with Crippen LogP contribution >= 0.6 is 0 Å². The molecule has 2 aromatic carbocycles. The Bertz CT molecular complexity index is 1450. The average Bonchev–Trinajstić information content (AvgIpc) is 3.26. The second-order valence-electron chi connectivity index (χ2n) is 10.0. The van der Waals surface area contributed by atoms with Gasteiger partial charge in [0.15, 0.2) is 11.4 Å². The number of nitrogens with zero attached hydrogens (tertiary/aromatic N) is 2. The first kappa shape index (κ1) is 27.0. The number of rotatable bonds is 8. The van der Waals surface area contributed by atoms with Crippen molar-refractivity contribution in [2.75, 3.05) is 0 Å². The van der Waals surface area contributed by atoms with Crippen molar-refractivity contribution in [3.05, 3.63) is 83.7 Å². The summed E-state index contributed by atoms with van der Waals surface area (Å²) in [5, 5.41) is 1.46. The van der Waals surface area contributed by atoms with Crippen LogP contribution in [0.5, 0.6) is 0 Å². The Balaban J connectivity index is 1.37. The third kappa shape index (κ3) is 6.09. The van der Waals surface area contributed by atoms with Crippen LogP contribution in [0.3, 0.4) is 0 Å². The van der Waals surface area contributed by atoms with Crippen LogP contribution in [0, 0.1) is 25.5 Å². The topological polar surface area (TPSA) is 114 Å². The third-order valence-electron chi connectivity index (χ3n) is 6.08. The van der Waals surface area contributed by atoms with Crippen molar-refractivity contribution in [1.29, 1.82) is 0 Å². The summed E-state index contributed by atoms with van der Waals surface area (Å²) in [4.78, 5) is 24.8. The Morgan fingerprint density at radius 1 is 0.789 bits per heavy atom. The first-order chi connectivity index (χ1) is 17.7. The highest BCUT2D eigenvalue weighted by atomic mass is 19.1. The Hall–Kier alpha value is -4.02. The molecule has 0 unspecified atom stereocenters. The fourth-order valence-corrected chi connectivity index (χ4v) is 4.56. The number of benzene rings is 2. The van der Waals surface area contributed by atoms with Gasteiger partial charge in [-0.2, -0.15) is 0 Å². The van der Waals surface area contributed by atoms with Crippen molar-refractivity contribution in [2.45, 2.75) is 52.2 Å². The van der Waals surface area contributed by atoms with E-state index in [2.05, 4.69) is 0 Å². The molecular formula is C28H30F2N4O4. The Kier molecular flexibility index (Phi) is 7.14. The molecule has 0 fully saturated rings. The molecule has 38 heavy (non-hydrogen) atoms. The van der Waals surface area contributed by atoms with Crippen molar-refractivity contribution in [1.82, 2.24) is 9.13 Å². The zero-order valence-electron chi connectivity index (χ0n) is 21.6. The maximum atomic E-state index is 13.6. The molecule has 4 aromatic rings. The van der Waals surface area contributed by atoms with Gasteiger partial charge >= 0.3 is 11.9 Å². The third-order valence-corrected chi connectivity index (χ3v) is 6.08. The lowest BCUT2D eigenvalue weighted by molar-refractivity contribution is -0.155. The van der Waals surface area contributed by atoms with Crippen molar-refractivity contribution in [3.8, 4) is 0 Å². The highest BCUT2D eigenvalue weighted by Gasteiger charge is 2.26. The van der Waals surface area contributed by atoms with Crippen LogP contribution in [0.25, 0.3) is 21.8 Å². The van der Waals surface area contributed by atoms with Crippen LogP contribution in [0.2, 0.25) is 0 Å². The van der Waals surface area contributed by atoms with E-state index in [9.17, 15) is 18.4 Å². The minimum atomic E-state index is -1.42. The molecule has 8 nitrogen and oxygen atoms in total. The molecule has 2 heterocycles. The molecule has 0 spiro atoms. The summed E-state index contributed by atoms with van der Waals surface area (Å²) in [7, 11) is 0. The maximum absolute atomic E-state index is 13.6. The Morgan fingerprint density at radius 3 is 1.53 bits per heavy atom. The number of hydrogen-bond donors (Lipinski definition) is 2. The number of fused-ring (bicyclic) bond motifs is 2. The predicted octanol–water partition coefficient (Wildman–Crippen LogP) is 4.18. The number of aromatic nitrogens is 2. The lowest BCUT2D eigenvalue weighted by atomic mass is 10.2. The van der Waals surface area contributed by atoms with Gasteiger partial charge in [0.1, 0.15) is 11.6 Å². The quantitative estimate of drug-likeness (QED) is 0.203. The van der Waals surface area contributed by atoms with E-state index < -0.39 is 23.4 Å². The molecule has 0 saturated heterocycles. The molecule has 2 aromatic heterocycles. The summed E-state index contributed by atoms with van der Waals surface area (Å²) < 4.78 is 41.4. The molecule has 0 bridgehead atoms. The zero-order valence-corrected chi connectivity index (χ0v) is 21.6. The van der Waals surface area contributed by atoms with Crippen LogP contribution in [0.15, 0.2) is 60.9 Å². The SMILES string of the molecule is Cc1cn(C[C@@](C)(N)OC(=O)/C=C/C(=O)O[C@](C)(N)Cn2cc(C)c3cc(F)ccc32)c2ccc(F)cc12. The first-order valence-corrected chi connectivity index (χ1v) is 11.9. The average molecular weight is 525 g/mol. The number of hydrogen-bond acceptors (Lipinski definition) is 6. The number of carbonyl (C=O) groups is 2. The molecule has 0 aliphatic heterocycles. The number of carbonyl (C=O) groups excluding carboxylic acids is 2. The van der Waals surface area contributed by atoms with E-state index in [0.717, 1.165) is 45.1 Å². The van der Waals surface area contributed by atoms with Gasteiger partial charge in [-0.25, -0.2) is 18.4 Å². The highest BCUT2D eigenvalue weighted by molar-refractivity contribution is 5.92. The van der Waals surface area contributed by atoms with E-state index in [-0.39, 0.29) is 24.7 Å². The molecule has 4 rings (SSSR count). The second-order valence-corrected chi connectivity index (χ2v) is 10.0. The number of ether oxygens (including phenoxy) is 2. The monoisotopic (exact) mass is 524 g/mol. The molecule has 0 amide bonds. The maximum Gasteiger partial charge on any atom is 0.332 e. The molecular weight excluding hydrogens is 494 g/mol. The Morgan fingerprint density at radius 2 is 1.16 bits per heavy atom. The molecule has 200 valence electrons. The van der Waals surface area contributed by atoms with Gasteiger partial charge in [0.05, 0.1) is 13.1 Å². The molecule has 0 aliphatic carbocycles. The summed E-state index contributed by atoms with van der Waals surface area (Å²) in [6.07, 6.45) is 5.42. The van der Waals surface area contributed by atoms with Crippen molar-refractivity contribution < 1.29 is 27.8 Å². The van der Waals surface area contributed by atoms with E-state index in [0.29, 0.717) is 0 Å². The molecule has 10 heteroatoms. The largest absolute Gasteiger partial charge is 0.439 e. The Labute approximate surface area is 218 Å². The molecule has 2 atom stereocenters. The predicted molar refractivity (Wildman–Crippen MR) is 140 cm³/mol. The minimum Gasteiger partial charge on any atom is -0.439 e. The van der Waals surface area contributed by atoms with Crippen LogP contribution < -0.4 is 11.5 Å². The molecule has 4 N–H and O–H groups in total. The summed E-state index contributed by atoms with van der Waals surface area (Å²) >= 11 is 0. The summed E-state index contributed by atoms with van der Waals surface area (Å²) in [6.45, 7) is 6.93. The normalized spacial score (nSPS) is 15.1. The summed E-state index contributed by atoms with van der Waals surface area (Å²) in [6, 6.07) is 8.81.